The third-order valence-electron chi connectivity index (χ3n) is 3.13. The molecule has 3 rings (SSSR count). The third kappa shape index (κ3) is 2.74. The summed E-state index contributed by atoms with van der Waals surface area (Å²) in [7, 11) is 0. The normalized spacial score (nSPS) is 13.8. The van der Waals surface area contributed by atoms with Crippen LogP contribution in [0.5, 0.6) is 5.75 Å². The lowest BCUT2D eigenvalue weighted by Crippen LogP contribution is -2.43. The van der Waals surface area contributed by atoms with Crippen LogP contribution in [0.1, 0.15) is 5.01 Å². The van der Waals surface area contributed by atoms with Crippen molar-refractivity contribution >= 4 is 40.1 Å². The van der Waals surface area contributed by atoms with Crippen LogP contribution < -0.4 is 15.4 Å². The molecule has 5 nitrogen and oxygen atoms in total. The minimum Gasteiger partial charge on any atom is -0.482 e. The van der Waals surface area contributed by atoms with Crippen LogP contribution in [0.4, 0.5) is 5.69 Å². The molecule has 0 unspecified atom stereocenters. The quantitative estimate of drug-likeness (QED) is 0.878. The first-order chi connectivity index (χ1) is 10.0. The summed E-state index contributed by atoms with van der Waals surface area (Å²) in [6.45, 7) is 2.17. The summed E-state index contributed by atoms with van der Waals surface area (Å²) >= 11 is 6.51. The van der Waals surface area contributed by atoms with E-state index in [4.69, 9.17) is 22.7 Å². The number of carbonyl (C=O) groups excluding carboxylic acids is 1. The predicted octanol–water partition coefficient (Wildman–Crippen LogP) is 2.13. The molecule has 2 aromatic rings. The van der Waals surface area contributed by atoms with Gasteiger partial charge in [-0.2, -0.15) is 0 Å². The summed E-state index contributed by atoms with van der Waals surface area (Å²) in [5, 5.41) is 2.98. The van der Waals surface area contributed by atoms with Gasteiger partial charge in [0.25, 0.3) is 5.91 Å². The second-order valence-electron chi connectivity index (χ2n) is 4.67. The Hall–Kier alpha value is -1.99. The summed E-state index contributed by atoms with van der Waals surface area (Å²) in [5.41, 5.74) is 8.08. The fourth-order valence-electron chi connectivity index (χ4n) is 2.19. The Morgan fingerprint density at radius 3 is 3.05 bits per heavy atom. The van der Waals surface area contributed by atoms with Crippen molar-refractivity contribution in [2.75, 3.05) is 18.1 Å². The van der Waals surface area contributed by atoms with Gasteiger partial charge in [-0.05, 0) is 25.1 Å². The molecule has 0 atom stereocenters. The number of hydrogen-bond acceptors (Lipinski definition) is 5. The molecule has 1 aliphatic heterocycles. The number of rotatable bonds is 3. The van der Waals surface area contributed by atoms with E-state index in [0.717, 1.165) is 16.3 Å². The number of benzene rings is 1. The van der Waals surface area contributed by atoms with Crippen molar-refractivity contribution in [1.29, 1.82) is 0 Å². The molecule has 0 radical (unpaired) electrons. The lowest BCUT2D eigenvalue weighted by Gasteiger charge is -2.29. The topological polar surface area (TPSA) is 68.5 Å². The zero-order valence-electron chi connectivity index (χ0n) is 11.3. The molecule has 1 aromatic heterocycles. The lowest BCUT2D eigenvalue weighted by atomic mass is 10.1. The highest BCUT2D eigenvalue weighted by molar-refractivity contribution is 7.80. The molecule has 0 fully saturated rings. The number of anilines is 1. The summed E-state index contributed by atoms with van der Waals surface area (Å²) in [6.07, 6.45) is 0. The Kier molecular flexibility index (Phi) is 3.60. The van der Waals surface area contributed by atoms with Crippen LogP contribution >= 0.6 is 23.6 Å². The van der Waals surface area contributed by atoms with Gasteiger partial charge in [0.1, 0.15) is 5.75 Å². The molecule has 7 heteroatoms. The standard InChI is InChI=1S/C14H13N3O2S2/c1-8-16-10(7-21-8)9-2-3-12-11(4-9)17(5-13(15)20)14(18)6-19-12/h2-4,7H,5-6H2,1H3,(H2,15,20). The molecule has 0 aliphatic carbocycles. The van der Waals surface area contributed by atoms with Crippen molar-refractivity contribution in [3.8, 4) is 17.0 Å². The lowest BCUT2D eigenvalue weighted by molar-refractivity contribution is -0.121. The van der Waals surface area contributed by atoms with Crippen LogP contribution in [0.3, 0.4) is 0 Å². The van der Waals surface area contributed by atoms with Crippen molar-refractivity contribution in [2.24, 2.45) is 5.73 Å². The molecule has 2 N–H and O–H groups in total. The molecule has 0 saturated carbocycles. The SMILES string of the molecule is Cc1nc(-c2ccc3c(c2)N(CC(N)=S)C(=O)CO3)cs1. The fraction of sp³-hybridized carbons (Fsp3) is 0.214. The number of nitrogens with zero attached hydrogens (tertiary/aromatic N) is 2. The zero-order chi connectivity index (χ0) is 15.0. The van der Waals surface area contributed by atoms with E-state index in [1.807, 2.05) is 30.5 Å². The largest absolute Gasteiger partial charge is 0.482 e. The molecule has 1 amide bonds. The highest BCUT2D eigenvalue weighted by Crippen LogP contribution is 2.36. The van der Waals surface area contributed by atoms with Crippen molar-refractivity contribution in [3.63, 3.8) is 0 Å². The number of thiocarbonyl (C=S) groups is 1. The van der Waals surface area contributed by atoms with Crippen molar-refractivity contribution in [1.82, 2.24) is 4.98 Å². The van der Waals surface area contributed by atoms with Crippen LogP contribution in [-0.2, 0) is 4.79 Å². The molecular formula is C14H13N3O2S2. The first-order valence-electron chi connectivity index (χ1n) is 6.32. The Labute approximate surface area is 131 Å². The summed E-state index contributed by atoms with van der Waals surface area (Å²) in [6, 6.07) is 5.67. The number of amides is 1. The number of hydrogen-bond donors (Lipinski definition) is 1. The van der Waals surface area contributed by atoms with Gasteiger partial charge in [0.2, 0.25) is 0 Å². The summed E-state index contributed by atoms with van der Waals surface area (Å²) in [5.74, 6) is 0.503. The van der Waals surface area contributed by atoms with E-state index in [9.17, 15) is 4.79 Å². The Bertz CT molecular complexity index is 727. The minimum absolute atomic E-state index is 0.00473. The van der Waals surface area contributed by atoms with Gasteiger partial charge in [0, 0.05) is 10.9 Å². The molecule has 0 spiro atoms. The number of carbonyl (C=O) groups is 1. The van der Waals surface area contributed by atoms with E-state index in [2.05, 4.69) is 4.98 Å². The Balaban J connectivity index is 2.04. The van der Waals surface area contributed by atoms with E-state index >= 15 is 0 Å². The number of ether oxygens (including phenoxy) is 1. The van der Waals surface area contributed by atoms with Crippen LogP contribution in [0.25, 0.3) is 11.3 Å². The highest BCUT2D eigenvalue weighted by Gasteiger charge is 2.26. The second kappa shape index (κ2) is 5.42. The summed E-state index contributed by atoms with van der Waals surface area (Å²) < 4.78 is 5.45. The second-order valence-corrected chi connectivity index (χ2v) is 6.26. The maximum atomic E-state index is 12.0. The average molecular weight is 319 g/mol. The van der Waals surface area contributed by atoms with E-state index in [-0.39, 0.29) is 24.0 Å². The number of fused-ring (bicyclic) bond motifs is 1. The molecule has 0 saturated heterocycles. The molecular weight excluding hydrogens is 306 g/mol. The molecule has 108 valence electrons. The summed E-state index contributed by atoms with van der Waals surface area (Å²) in [4.78, 5) is 18.3. The minimum atomic E-state index is -0.151. The maximum Gasteiger partial charge on any atom is 0.265 e. The molecule has 1 aromatic carbocycles. The van der Waals surface area contributed by atoms with E-state index in [1.54, 1.807) is 16.2 Å². The molecule has 2 heterocycles. The van der Waals surface area contributed by atoms with Crippen LogP contribution in [-0.4, -0.2) is 29.0 Å². The van der Waals surface area contributed by atoms with E-state index < -0.39 is 0 Å². The maximum absolute atomic E-state index is 12.0. The number of nitrogens with two attached hydrogens (primary N) is 1. The molecule has 21 heavy (non-hydrogen) atoms. The van der Waals surface area contributed by atoms with Crippen LogP contribution in [0.15, 0.2) is 23.6 Å². The van der Waals surface area contributed by atoms with Gasteiger partial charge in [0.15, 0.2) is 6.61 Å². The number of thiazole rings is 1. The van der Waals surface area contributed by atoms with Gasteiger partial charge in [-0.3, -0.25) is 9.69 Å². The zero-order valence-corrected chi connectivity index (χ0v) is 13.0. The van der Waals surface area contributed by atoms with Crippen LogP contribution in [0.2, 0.25) is 0 Å². The molecule has 1 aliphatic rings. The average Bonchev–Trinajstić information content (AvgIpc) is 2.88. The number of aromatic nitrogens is 1. The highest BCUT2D eigenvalue weighted by atomic mass is 32.1. The first kappa shape index (κ1) is 14.0. The smallest absolute Gasteiger partial charge is 0.265 e. The van der Waals surface area contributed by atoms with Gasteiger partial charge >= 0.3 is 0 Å². The van der Waals surface area contributed by atoms with Crippen molar-refractivity contribution in [3.05, 3.63) is 28.6 Å². The fourth-order valence-corrected chi connectivity index (χ4v) is 2.94. The van der Waals surface area contributed by atoms with Crippen LogP contribution in [0, 0.1) is 6.92 Å². The van der Waals surface area contributed by atoms with E-state index in [1.165, 1.54) is 0 Å². The van der Waals surface area contributed by atoms with Gasteiger partial charge in [-0.25, -0.2) is 4.98 Å². The van der Waals surface area contributed by atoms with Crippen molar-refractivity contribution in [2.45, 2.75) is 6.92 Å². The van der Waals surface area contributed by atoms with E-state index in [0.29, 0.717) is 11.4 Å². The van der Waals surface area contributed by atoms with Gasteiger partial charge in [0.05, 0.1) is 27.9 Å². The Morgan fingerprint density at radius 1 is 1.57 bits per heavy atom. The number of aryl methyl sites for hydroxylation is 1. The Morgan fingerprint density at radius 2 is 2.38 bits per heavy atom. The first-order valence-corrected chi connectivity index (χ1v) is 7.61. The molecule has 0 bridgehead atoms. The third-order valence-corrected chi connectivity index (χ3v) is 4.03. The van der Waals surface area contributed by atoms with Gasteiger partial charge < -0.3 is 10.5 Å². The predicted molar refractivity (Wildman–Crippen MR) is 86.9 cm³/mol. The van der Waals surface area contributed by atoms with Gasteiger partial charge in [-0.15, -0.1) is 11.3 Å². The monoisotopic (exact) mass is 319 g/mol. The van der Waals surface area contributed by atoms with Gasteiger partial charge in [-0.1, -0.05) is 12.2 Å². The van der Waals surface area contributed by atoms with Crippen molar-refractivity contribution < 1.29 is 9.53 Å².